The van der Waals surface area contributed by atoms with Gasteiger partial charge >= 0.3 is 0 Å². The Kier molecular flexibility index (Phi) is 4.61. The highest BCUT2D eigenvalue weighted by Gasteiger charge is 2.37. The predicted molar refractivity (Wildman–Crippen MR) is 91.7 cm³/mol. The average molecular weight is 314 g/mol. The van der Waals surface area contributed by atoms with Gasteiger partial charge in [-0.1, -0.05) is 43.1 Å². The molecule has 0 bridgehead atoms. The highest BCUT2D eigenvalue weighted by atomic mass is 15.6. The second-order valence-electron chi connectivity index (χ2n) is 6.92. The lowest BCUT2D eigenvalue weighted by Crippen LogP contribution is -2.52. The highest BCUT2D eigenvalue weighted by Crippen LogP contribution is 2.35. The molecule has 6 heteroatoms. The zero-order valence-corrected chi connectivity index (χ0v) is 14.2. The molecular weight excluding hydrogens is 288 g/mol. The third-order valence-electron chi connectivity index (χ3n) is 5.06. The molecule has 0 saturated heterocycles. The molecule has 124 valence electrons. The maximum absolute atomic E-state index is 4.16. The standard InChI is InChI=1S/C17H26N6/c1-14-8-7-11-17(12-14,22(2)3)13-18-16-19-20-21-23(16)15-9-5-4-6-10-15/h4-6,9-10,14H,7-8,11-13H2,1-3H3,(H,18,19,21). The second-order valence-corrected chi connectivity index (χ2v) is 6.92. The summed E-state index contributed by atoms with van der Waals surface area (Å²) < 4.78 is 1.76. The van der Waals surface area contributed by atoms with Crippen molar-refractivity contribution in [1.82, 2.24) is 25.1 Å². The number of nitrogens with one attached hydrogen (secondary N) is 1. The molecule has 1 aromatic carbocycles. The first kappa shape index (κ1) is 15.9. The van der Waals surface area contributed by atoms with Gasteiger partial charge in [-0.3, -0.25) is 0 Å². The van der Waals surface area contributed by atoms with E-state index < -0.39 is 0 Å². The number of tetrazole rings is 1. The van der Waals surface area contributed by atoms with Crippen molar-refractivity contribution in [3.63, 3.8) is 0 Å². The summed E-state index contributed by atoms with van der Waals surface area (Å²) in [5.74, 6) is 1.47. The van der Waals surface area contributed by atoms with Crippen molar-refractivity contribution < 1.29 is 0 Å². The third kappa shape index (κ3) is 3.37. The normalized spacial score (nSPS) is 24.8. The van der Waals surface area contributed by atoms with Crippen molar-refractivity contribution in [2.45, 2.75) is 38.1 Å². The Morgan fingerprint density at radius 1 is 1.30 bits per heavy atom. The largest absolute Gasteiger partial charge is 0.351 e. The van der Waals surface area contributed by atoms with E-state index in [9.17, 15) is 0 Å². The van der Waals surface area contributed by atoms with Gasteiger partial charge in [-0.25, -0.2) is 0 Å². The van der Waals surface area contributed by atoms with Crippen molar-refractivity contribution in [1.29, 1.82) is 0 Å². The highest BCUT2D eigenvalue weighted by molar-refractivity contribution is 5.38. The van der Waals surface area contributed by atoms with Crippen LogP contribution in [0.1, 0.15) is 32.6 Å². The van der Waals surface area contributed by atoms with E-state index in [1.165, 1.54) is 25.7 Å². The lowest BCUT2D eigenvalue weighted by molar-refractivity contribution is 0.0880. The van der Waals surface area contributed by atoms with Crippen LogP contribution in [0.4, 0.5) is 5.95 Å². The van der Waals surface area contributed by atoms with Gasteiger partial charge in [-0.05, 0) is 55.4 Å². The van der Waals surface area contributed by atoms with Crippen molar-refractivity contribution in [2.24, 2.45) is 5.92 Å². The molecule has 2 aromatic rings. The van der Waals surface area contributed by atoms with Crippen LogP contribution in [0.3, 0.4) is 0 Å². The number of hydrogen-bond acceptors (Lipinski definition) is 5. The Bertz CT molecular complexity index is 623. The number of benzene rings is 1. The zero-order chi connectivity index (χ0) is 16.3. The summed E-state index contributed by atoms with van der Waals surface area (Å²) in [7, 11) is 4.36. The molecule has 6 nitrogen and oxygen atoms in total. The number of likely N-dealkylation sites (N-methyl/N-ethyl adjacent to an activating group) is 1. The molecule has 0 amide bonds. The van der Waals surface area contributed by atoms with Gasteiger partial charge in [0.2, 0.25) is 5.95 Å². The number of aromatic nitrogens is 4. The topological polar surface area (TPSA) is 58.9 Å². The first-order chi connectivity index (χ1) is 11.1. The molecule has 0 aliphatic heterocycles. The molecule has 23 heavy (non-hydrogen) atoms. The smallest absolute Gasteiger partial charge is 0.247 e. The molecule has 1 fully saturated rings. The number of anilines is 1. The molecule has 1 aromatic heterocycles. The summed E-state index contributed by atoms with van der Waals surface area (Å²) in [5.41, 5.74) is 1.14. The third-order valence-corrected chi connectivity index (χ3v) is 5.06. The van der Waals surface area contributed by atoms with Crippen LogP contribution in [0, 0.1) is 5.92 Å². The van der Waals surface area contributed by atoms with E-state index in [1.54, 1.807) is 4.68 Å². The SMILES string of the molecule is CC1CCCC(CNc2nnnn2-c2ccccc2)(N(C)C)C1. The van der Waals surface area contributed by atoms with E-state index in [-0.39, 0.29) is 5.54 Å². The van der Waals surface area contributed by atoms with Gasteiger partial charge in [0, 0.05) is 12.1 Å². The van der Waals surface area contributed by atoms with Crippen molar-refractivity contribution in [3.05, 3.63) is 30.3 Å². The minimum absolute atomic E-state index is 0.172. The monoisotopic (exact) mass is 314 g/mol. The fraction of sp³-hybridized carbons (Fsp3) is 0.588. The van der Waals surface area contributed by atoms with Crippen LogP contribution in [0.2, 0.25) is 0 Å². The van der Waals surface area contributed by atoms with E-state index in [2.05, 4.69) is 46.8 Å². The average Bonchev–Trinajstić information content (AvgIpc) is 3.02. The van der Waals surface area contributed by atoms with Crippen LogP contribution >= 0.6 is 0 Å². The first-order valence-corrected chi connectivity index (χ1v) is 8.36. The molecular formula is C17H26N6. The minimum atomic E-state index is 0.172. The number of rotatable bonds is 5. The van der Waals surface area contributed by atoms with Gasteiger partial charge in [0.25, 0.3) is 0 Å². The van der Waals surface area contributed by atoms with Crippen molar-refractivity contribution in [2.75, 3.05) is 26.0 Å². The molecule has 3 rings (SSSR count). The maximum atomic E-state index is 4.16. The van der Waals surface area contributed by atoms with Crippen molar-refractivity contribution in [3.8, 4) is 5.69 Å². The molecule has 1 aliphatic rings. The summed E-state index contributed by atoms with van der Waals surface area (Å²) >= 11 is 0. The summed E-state index contributed by atoms with van der Waals surface area (Å²) in [5, 5.41) is 15.6. The van der Waals surface area contributed by atoms with Crippen LogP contribution in [-0.2, 0) is 0 Å². The Hall–Kier alpha value is -1.95. The Balaban J connectivity index is 1.76. The molecule has 0 radical (unpaired) electrons. The number of hydrogen-bond donors (Lipinski definition) is 1. The van der Waals surface area contributed by atoms with Crippen molar-refractivity contribution >= 4 is 5.95 Å². The lowest BCUT2D eigenvalue weighted by atomic mass is 9.75. The molecule has 1 N–H and O–H groups in total. The van der Waals surface area contributed by atoms with E-state index >= 15 is 0 Å². The molecule has 2 unspecified atom stereocenters. The quantitative estimate of drug-likeness (QED) is 0.919. The summed E-state index contributed by atoms with van der Waals surface area (Å²) in [6.07, 6.45) is 5.03. The van der Waals surface area contributed by atoms with Crippen LogP contribution in [-0.4, -0.2) is 51.3 Å². The van der Waals surface area contributed by atoms with Gasteiger partial charge in [0.05, 0.1) is 5.69 Å². The second kappa shape index (κ2) is 6.66. The number of nitrogens with zero attached hydrogens (tertiary/aromatic N) is 5. The molecule has 1 saturated carbocycles. The van der Waals surface area contributed by atoms with Crippen LogP contribution < -0.4 is 5.32 Å². The predicted octanol–water partition coefficient (Wildman–Crippen LogP) is 2.58. The molecule has 1 aliphatic carbocycles. The van der Waals surface area contributed by atoms with Crippen LogP contribution in [0.5, 0.6) is 0 Å². The van der Waals surface area contributed by atoms with Gasteiger partial charge in [-0.2, -0.15) is 4.68 Å². The van der Waals surface area contributed by atoms with E-state index in [1.807, 2.05) is 30.3 Å². The Labute approximate surface area is 137 Å². The number of para-hydroxylation sites is 1. The van der Waals surface area contributed by atoms with Crippen LogP contribution in [0.25, 0.3) is 5.69 Å². The van der Waals surface area contributed by atoms with Gasteiger partial charge < -0.3 is 10.2 Å². The molecule has 0 spiro atoms. The zero-order valence-electron chi connectivity index (χ0n) is 14.2. The Morgan fingerprint density at radius 3 is 2.78 bits per heavy atom. The maximum Gasteiger partial charge on any atom is 0.247 e. The summed E-state index contributed by atoms with van der Waals surface area (Å²) in [6, 6.07) is 9.99. The molecule has 2 atom stereocenters. The summed E-state index contributed by atoms with van der Waals surface area (Å²) in [6.45, 7) is 3.21. The fourth-order valence-corrected chi connectivity index (χ4v) is 3.64. The first-order valence-electron chi connectivity index (χ1n) is 8.36. The lowest BCUT2D eigenvalue weighted by Gasteiger charge is -2.45. The molecule has 1 heterocycles. The van der Waals surface area contributed by atoms with Gasteiger partial charge in [0.15, 0.2) is 0 Å². The van der Waals surface area contributed by atoms with Crippen LogP contribution in [0.15, 0.2) is 30.3 Å². The van der Waals surface area contributed by atoms with Gasteiger partial charge in [-0.15, -0.1) is 0 Å². The summed E-state index contributed by atoms with van der Waals surface area (Å²) in [4.78, 5) is 2.37. The fourth-order valence-electron chi connectivity index (χ4n) is 3.64. The van der Waals surface area contributed by atoms with E-state index in [0.29, 0.717) is 5.95 Å². The van der Waals surface area contributed by atoms with E-state index in [4.69, 9.17) is 0 Å². The minimum Gasteiger partial charge on any atom is -0.351 e. The van der Waals surface area contributed by atoms with E-state index in [0.717, 1.165) is 18.2 Å². The van der Waals surface area contributed by atoms with Gasteiger partial charge in [0.1, 0.15) is 0 Å². The Morgan fingerprint density at radius 2 is 2.09 bits per heavy atom.